The van der Waals surface area contributed by atoms with Gasteiger partial charge in [-0.05, 0) is 33.9 Å². The Balaban J connectivity index is 2.57. The SMILES string of the molecule is CC(C)NC(=O)NC(=O)C(C)N(C)Cc1ccccc1F. The highest BCUT2D eigenvalue weighted by molar-refractivity contribution is 5.96. The molecule has 1 aromatic rings. The van der Waals surface area contributed by atoms with Gasteiger partial charge >= 0.3 is 6.03 Å². The minimum absolute atomic E-state index is 0.0516. The average molecular weight is 295 g/mol. The first-order valence-electron chi connectivity index (χ1n) is 6.86. The van der Waals surface area contributed by atoms with Gasteiger partial charge in [0, 0.05) is 18.2 Å². The summed E-state index contributed by atoms with van der Waals surface area (Å²) in [4.78, 5) is 25.1. The molecule has 3 amide bonds. The van der Waals surface area contributed by atoms with E-state index in [0.717, 1.165) is 0 Å². The van der Waals surface area contributed by atoms with Crippen molar-refractivity contribution < 1.29 is 14.0 Å². The van der Waals surface area contributed by atoms with Crippen LogP contribution in [0.15, 0.2) is 24.3 Å². The number of hydrogen-bond donors (Lipinski definition) is 2. The van der Waals surface area contributed by atoms with Gasteiger partial charge in [0.15, 0.2) is 0 Å². The van der Waals surface area contributed by atoms with E-state index in [-0.39, 0.29) is 18.4 Å². The highest BCUT2D eigenvalue weighted by Gasteiger charge is 2.21. The van der Waals surface area contributed by atoms with Crippen LogP contribution in [0.4, 0.5) is 9.18 Å². The van der Waals surface area contributed by atoms with Gasteiger partial charge in [0.25, 0.3) is 0 Å². The summed E-state index contributed by atoms with van der Waals surface area (Å²) in [7, 11) is 1.71. The van der Waals surface area contributed by atoms with Crippen molar-refractivity contribution in [2.75, 3.05) is 7.05 Å². The molecular weight excluding hydrogens is 273 g/mol. The van der Waals surface area contributed by atoms with Crippen molar-refractivity contribution in [3.8, 4) is 0 Å². The molecule has 1 rings (SSSR count). The Labute approximate surface area is 124 Å². The van der Waals surface area contributed by atoms with Gasteiger partial charge in [0.05, 0.1) is 6.04 Å². The van der Waals surface area contributed by atoms with Crippen molar-refractivity contribution in [1.29, 1.82) is 0 Å². The van der Waals surface area contributed by atoms with E-state index in [1.807, 2.05) is 0 Å². The second kappa shape index (κ2) is 7.73. The molecule has 0 heterocycles. The third-order valence-corrected chi connectivity index (χ3v) is 3.07. The van der Waals surface area contributed by atoms with E-state index in [1.165, 1.54) is 6.07 Å². The molecule has 21 heavy (non-hydrogen) atoms. The zero-order chi connectivity index (χ0) is 16.0. The van der Waals surface area contributed by atoms with E-state index in [1.54, 1.807) is 50.9 Å². The van der Waals surface area contributed by atoms with Crippen LogP contribution in [0.1, 0.15) is 26.3 Å². The number of carbonyl (C=O) groups excluding carboxylic acids is 2. The molecule has 2 N–H and O–H groups in total. The number of hydrogen-bond acceptors (Lipinski definition) is 3. The van der Waals surface area contributed by atoms with Crippen LogP contribution in [0.3, 0.4) is 0 Å². The van der Waals surface area contributed by atoms with Crippen LogP contribution in [-0.2, 0) is 11.3 Å². The number of urea groups is 1. The summed E-state index contributed by atoms with van der Waals surface area (Å²) in [6.45, 7) is 5.56. The Morgan fingerprint density at radius 1 is 1.24 bits per heavy atom. The fourth-order valence-corrected chi connectivity index (χ4v) is 1.75. The lowest BCUT2D eigenvalue weighted by atomic mass is 10.1. The molecule has 0 aliphatic rings. The molecular formula is C15H22FN3O2. The summed E-state index contributed by atoms with van der Waals surface area (Å²) in [5.74, 6) is -0.735. The quantitative estimate of drug-likeness (QED) is 0.872. The summed E-state index contributed by atoms with van der Waals surface area (Å²) in [6.07, 6.45) is 0. The normalized spacial score (nSPS) is 12.3. The Kier molecular flexibility index (Phi) is 6.30. The number of likely N-dealkylation sites (N-methyl/N-ethyl adjacent to an activating group) is 1. The monoisotopic (exact) mass is 295 g/mol. The van der Waals surface area contributed by atoms with Gasteiger partial charge in [-0.2, -0.15) is 0 Å². The smallest absolute Gasteiger partial charge is 0.321 e. The summed E-state index contributed by atoms with van der Waals surface area (Å²) in [5.41, 5.74) is 0.506. The van der Waals surface area contributed by atoms with Crippen LogP contribution in [0, 0.1) is 5.82 Å². The summed E-state index contributed by atoms with van der Waals surface area (Å²) < 4.78 is 13.6. The zero-order valence-electron chi connectivity index (χ0n) is 12.8. The molecule has 0 saturated carbocycles. The maximum absolute atomic E-state index is 13.6. The number of halogens is 1. The maximum atomic E-state index is 13.6. The fourth-order valence-electron chi connectivity index (χ4n) is 1.75. The van der Waals surface area contributed by atoms with E-state index < -0.39 is 18.0 Å². The van der Waals surface area contributed by atoms with Crippen LogP contribution in [0.25, 0.3) is 0 Å². The minimum Gasteiger partial charge on any atom is -0.336 e. The van der Waals surface area contributed by atoms with Gasteiger partial charge in [-0.15, -0.1) is 0 Å². The number of nitrogens with one attached hydrogen (secondary N) is 2. The molecule has 0 aliphatic heterocycles. The summed E-state index contributed by atoms with van der Waals surface area (Å²) >= 11 is 0. The van der Waals surface area contributed by atoms with Gasteiger partial charge in [0.2, 0.25) is 5.91 Å². The van der Waals surface area contributed by atoms with E-state index in [4.69, 9.17) is 0 Å². The van der Waals surface area contributed by atoms with Crippen molar-refractivity contribution in [2.24, 2.45) is 0 Å². The molecule has 5 nitrogen and oxygen atoms in total. The van der Waals surface area contributed by atoms with Crippen LogP contribution < -0.4 is 10.6 Å². The number of amides is 3. The number of nitrogens with zero attached hydrogens (tertiary/aromatic N) is 1. The first kappa shape index (κ1) is 17.1. The Morgan fingerprint density at radius 3 is 2.43 bits per heavy atom. The molecule has 0 aromatic heterocycles. The van der Waals surface area contributed by atoms with Crippen LogP contribution in [-0.4, -0.2) is 36.0 Å². The van der Waals surface area contributed by atoms with Crippen molar-refractivity contribution in [1.82, 2.24) is 15.5 Å². The number of carbonyl (C=O) groups is 2. The van der Waals surface area contributed by atoms with Crippen molar-refractivity contribution >= 4 is 11.9 Å². The lowest BCUT2D eigenvalue weighted by Crippen LogP contribution is -2.49. The fraction of sp³-hybridized carbons (Fsp3) is 0.467. The van der Waals surface area contributed by atoms with Crippen LogP contribution in [0.5, 0.6) is 0 Å². The Hall–Kier alpha value is -1.95. The first-order chi connectivity index (χ1) is 9.81. The maximum Gasteiger partial charge on any atom is 0.321 e. The lowest BCUT2D eigenvalue weighted by molar-refractivity contribution is -0.124. The van der Waals surface area contributed by atoms with E-state index in [2.05, 4.69) is 10.6 Å². The molecule has 116 valence electrons. The Morgan fingerprint density at radius 2 is 1.86 bits per heavy atom. The topological polar surface area (TPSA) is 61.4 Å². The number of benzene rings is 1. The second-order valence-corrected chi connectivity index (χ2v) is 5.30. The summed E-state index contributed by atoms with van der Waals surface area (Å²) in [6, 6.07) is 5.28. The zero-order valence-corrected chi connectivity index (χ0v) is 12.8. The van der Waals surface area contributed by atoms with Gasteiger partial charge in [-0.3, -0.25) is 15.0 Å². The lowest BCUT2D eigenvalue weighted by Gasteiger charge is -2.24. The highest BCUT2D eigenvalue weighted by Crippen LogP contribution is 2.10. The molecule has 0 fully saturated rings. The van der Waals surface area contributed by atoms with Gasteiger partial charge in [-0.1, -0.05) is 18.2 Å². The van der Waals surface area contributed by atoms with E-state index in [0.29, 0.717) is 5.56 Å². The highest BCUT2D eigenvalue weighted by atomic mass is 19.1. The molecule has 1 aromatic carbocycles. The molecule has 1 unspecified atom stereocenters. The molecule has 0 spiro atoms. The van der Waals surface area contributed by atoms with Crippen molar-refractivity contribution in [3.05, 3.63) is 35.6 Å². The molecule has 0 aliphatic carbocycles. The van der Waals surface area contributed by atoms with E-state index in [9.17, 15) is 14.0 Å². The average Bonchev–Trinajstić information content (AvgIpc) is 2.39. The summed E-state index contributed by atoms with van der Waals surface area (Å²) in [5, 5.41) is 4.84. The second-order valence-electron chi connectivity index (χ2n) is 5.30. The molecule has 0 bridgehead atoms. The molecule has 0 saturated heterocycles. The predicted octanol–water partition coefficient (Wildman–Crippen LogP) is 1.88. The van der Waals surface area contributed by atoms with E-state index >= 15 is 0 Å². The number of imide groups is 1. The van der Waals surface area contributed by atoms with Gasteiger partial charge in [-0.25, -0.2) is 9.18 Å². The van der Waals surface area contributed by atoms with Crippen molar-refractivity contribution in [2.45, 2.75) is 39.4 Å². The van der Waals surface area contributed by atoms with Gasteiger partial charge in [0.1, 0.15) is 5.82 Å². The first-order valence-corrected chi connectivity index (χ1v) is 6.86. The predicted molar refractivity (Wildman–Crippen MR) is 79.1 cm³/mol. The molecule has 1 atom stereocenters. The van der Waals surface area contributed by atoms with Crippen molar-refractivity contribution in [3.63, 3.8) is 0 Å². The largest absolute Gasteiger partial charge is 0.336 e. The van der Waals surface area contributed by atoms with Crippen LogP contribution in [0.2, 0.25) is 0 Å². The minimum atomic E-state index is -0.553. The standard InChI is InChI=1S/C15H22FN3O2/c1-10(2)17-15(21)18-14(20)11(3)19(4)9-12-7-5-6-8-13(12)16/h5-8,10-11H,9H2,1-4H3,(H2,17,18,20,21). The third kappa shape index (κ3) is 5.51. The number of rotatable bonds is 5. The van der Waals surface area contributed by atoms with Gasteiger partial charge < -0.3 is 5.32 Å². The third-order valence-electron chi connectivity index (χ3n) is 3.07. The van der Waals surface area contributed by atoms with Crippen LogP contribution >= 0.6 is 0 Å². The molecule has 6 heteroatoms. The molecule has 0 radical (unpaired) electrons. The Bertz CT molecular complexity index is 505.